The summed E-state index contributed by atoms with van der Waals surface area (Å²) in [6.07, 6.45) is 0. The first kappa shape index (κ1) is 16.7. The van der Waals surface area contributed by atoms with Gasteiger partial charge in [0.2, 0.25) is 0 Å². The molecule has 2 aromatic carbocycles. The predicted molar refractivity (Wildman–Crippen MR) is 94.9 cm³/mol. The first-order chi connectivity index (χ1) is 11.7. The predicted octanol–water partition coefficient (Wildman–Crippen LogP) is 5.03. The van der Waals surface area contributed by atoms with Crippen LogP contribution in [0, 0.1) is 5.82 Å². The van der Waals surface area contributed by atoms with E-state index < -0.39 is 0 Å². The molecule has 0 aliphatic heterocycles. The fourth-order valence-electron chi connectivity index (χ4n) is 2.13. The van der Waals surface area contributed by atoms with E-state index in [1.165, 1.54) is 19.2 Å². The minimum atomic E-state index is -0.338. The number of ether oxygens (including phenoxy) is 1. The van der Waals surface area contributed by atoms with Crippen LogP contribution < -0.4 is 0 Å². The molecule has 0 bridgehead atoms. The van der Waals surface area contributed by atoms with Gasteiger partial charge < -0.3 is 4.74 Å². The van der Waals surface area contributed by atoms with Crippen molar-refractivity contribution in [3.05, 3.63) is 70.9 Å². The van der Waals surface area contributed by atoms with Crippen LogP contribution in [0.3, 0.4) is 0 Å². The molecule has 1 heterocycles. The zero-order chi connectivity index (χ0) is 16.9. The maximum atomic E-state index is 13.0. The third-order valence-corrected chi connectivity index (χ3v) is 5.43. The molecule has 0 radical (unpaired) electrons. The minimum Gasteiger partial charge on any atom is -0.465 e. The molecule has 0 saturated heterocycles. The average Bonchev–Trinajstić information content (AvgIpc) is 3.09. The number of thioether (sulfide) groups is 1. The first-order valence-electron chi connectivity index (χ1n) is 7.17. The average molecular weight is 359 g/mol. The van der Waals surface area contributed by atoms with E-state index in [0.29, 0.717) is 11.3 Å². The number of rotatable bonds is 5. The number of methoxy groups -OCH3 is 1. The standard InChI is InChI=1S/C18H14FNO2S2/c1-22-17(21)14-4-2-3-12(9-14)10-23-18-20-16(11-24-18)13-5-7-15(19)8-6-13/h2-9,11H,10H2,1H3. The highest BCUT2D eigenvalue weighted by atomic mass is 32.2. The van der Waals surface area contributed by atoms with Crippen LogP contribution in [-0.2, 0) is 10.5 Å². The Morgan fingerprint density at radius 3 is 2.79 bits per heavy atom. The lowest BCUT2D eigenvalue weighted by Crippen LogP contribution is -2.01. The number of thiazole rings is 1. The summed E-state index contributed by atoms with van der Waals surface area (Å²) < 4.78 is 18.6. The first-order valence-corrected chi connectivity index (χ1v) is 9.04. The molecule has 3 aromatic rings. The largest absolute Gasteiger partial charge is 0.465 e. The number of benzene rings is 2. The van der Waals surface area contributed by atoms with Crippen molar-refractivity contribution in [1.82, 2.24) is 4.98 Å². The van der Waals surface area contributed by atoms with Crippen LogP contribution in [0.1, 0.15) is 15.9 Å². The molecule has 0 spiro atoms. The number of halogens is 1. The van der Waals surface area contributed by atoms with Crippen LogP contribution in [0.4, 0.5) is 4.39 Å². The molecule has 0 N–H and O–H groups in total. The summed E-state index contributed by atoms with van der Waals surface area (Å²) in [5.74, 6) is 0.116. The molecule has 3 nitrogen and oxygen atoms in total. The van der Waals surface area contributed by atoms with Crippen molar-refractivity contribution in [2.45, 2.75) is 10.1 Å². The van der Waals surface area contributed by atoms with Gasteiger partial charge in [0.1, 0.15) is 5.82 Å². The lowest BCUT2D eigenvalue weighted by Gasteiger charge is -2.03. The highest BCUT2D eigenvalue weighted by molar-refractivity contribution is 8.00. The van der Waals surface area contributed by atoms with Crippen molar-refractivity contribution < 1.29 is 13.9 Å². The zero-order valence-electron chi connectivity index (χ0n) is 12.9. The Morgan fingerprint density at radius 2 is 2.04 bits per heavy atom. The Morgan fingerprint density at radius 1 is 1.25 bits per heavy atom. The second-order valence-corrected chi connectivity index (χ2v) is 7.07. The summed E-state index contributed by atoms with van der Waals surface area (Å²) in [5.41, 5.74) is 3.31. The van der Waals surface area contributed by atoms with Crippen LogP contribution in [0.2, 0.25) is 0 Å². The van der Waals surface area contributed by atoms with Crippen molar-refractivity contribution in [3.63, 3.8) is 0 Å². The fourth-order valence-corrected chi connectivity index (χ4v) is 3.91. The van der Waals surface area contributed by atoms with E-state index in [-0.39, 0.29) is 11.8 Å². The van der Waals surface area contributed by atoms with Gasteiger partial charge in [0.15, 0.2) is 4.34 Å². The van der Waals surface area contributed by atoms with Gasteiger partial charge >= 0.3 is 5.97 Å². The van der Waals surface area contributed by atoms with E-state index in [1.54, 1.807) is 41.3 Å². The van der Waals surface area contributed by atoms with Gasteiger partial charge in [-0.1, -0.05) is 23.9 Å². The summed E-state index contributed by atoms with van der Waals surface area (Å²) in [5, 5.41) is 1.96. The van der Waals surface area contributed by atoms with Gasteiger partial charge in [0, 0.05) is 16.7 Å². The van der Waals surface area contributed by atoms with Gasteiger partial charge in [-0.2, -0.15) is 0 Å². The van der Waals surface area contributed by atoms with E-state index in [4.69, 9.17) is 4.74 Å². The van der Waals surface area contributed by atoms with Crippen molar-refractivity contribution in [2.24, 2.45) is 0 Å². The van der Waals surface area contributed by atoms with E-state index in [0.717, 1.165) is 21.2 Å². The fraction of sp³-hybridized carbons (Fsp3) is 0.111. The maximum absolute atomic E-state index is 13.0. The van der Waals surface area contributed by atoms with Crippen LogP contribution in [0.15, 0.2) is 58.3 Å². The molecule has 0 unspecified atom stereocenters. The van der Waals surface area contributed by atoms with E-state index in [9.17, 15) is 9.18 Å². The van der Waals surface area contributed by atoms with Gasteiger partial charge in [0.25, 0.3) is 0 Å². The smallest absolute Gasteiger partial charge is 0.337 e. The third kappa shape index (κ3) is 4.01. The van der Waals surface area contributed by atoms with Gasteiger partial charge in [0.05, 0.1) is 18.4 Å². The highest BCUT2D eigenvalue weighted by Crippen LogP contribution is 2.30. The molecular weight excluding hydrogens is 345 g/mol. The number of aromatic nitrogens is 1. The molecule has 0 atom stereocenters. The number of esters is 1. The van der Waals surface area contributed by atoms with E-state index in [2.05, 4.69) is 4.98 Å². The molecular formula is C18H14FNO2S2. The normalized spacial score (nSPS) is 10.6. The van der Waals surface area contributed by atoms with Gasteiger partial charge in [-0.15, -0.1) is 11.3 Å². The molecule has 3 rings (SSSR count). The topological polar surface area (TPSA) is 39.2 Å². The Balaban J connectivity index is 1.67. The molecule has 0 aliphatic rings. The summed E-state index contributed by atoms with van der Waals surface area (Å²) in [4.78, 5) is 16.1. The van der Waals surface area contributed by atoms with E-state index in [1.807, 2.05) is 23.6 Å². The molecule has 6 heteroatoms. The molecule has 0 saturated carbocycles. The van der Waals surface area contributed by atoms with Gasteiger partial charge in [-0.25, -0.2) is 14.2 Å². The summed E-state index contributed by atoms with van der Waals surface area (Å²) in [6, 6.07) is 13.7. The molecule has 0 aliphatic carbocycles. The Labute approximate surface area is 147 Å². The Hall–Kier alpha value is -2.18. The van der Waals surface area contributed by atoms with E-state index >= 15 is 0 Å². The number of hydrogen-bond acceptors (Lipinski definition) is 5. The summed E-state index contributed by atoms with van der Waals surface area (Å²) in [6.45, 7) is 0. The van der Waals surface area contributed by atoms with Crippen LogP contribution in [0.25, 0.3) is 11.3 Å². The highest BCUT2D eigenvalue weighted by Gasteiger charge is 2.08. The van der Waals surface area contributed by atoms with Gasteiger partial charge in [-0.05, 0) is 42.0 Å². The molecule has 122 valence electrons. The van der Waals surface area contributed by atoms with Gasteiger partial charge in [-0.3, -0.25) is 0 Å². The van der Waals surface area contributed by atoms with Crippen LogP contribution in [-0.4, -0.2) is 18.1 Å². The number of carbonyl (C=O) groups excluding carboxylic acids is 1. The molecule has 24 heavy (non-hydrogen) atoms. The zero-order valence-corrected chi connectivity index (χ0v) is 14.5. The quantitative estimate of drug-likeness (QED) is 0.473. The second kappa shape index (κ2) is 7.59. The lowest BCUT2D eigenvalue weighted by atomic mass is 10.1. The summed E-state index contributed by atoms with van der Waals surface area (Å²) in [7, 11) is 1.37. The van der Waals surface area contributed by atoms with Crippen molar-refractivity contribution in [3.8, 4) is 11.3 Å². The Kier molecular flexibility index (Phi) is 5.27. The minimum absolute atomic E-state index is 0.255. The molecule has 1 aromatic heterocycles. The van der Waals surface area contributed by atoms with Crippen LogP contribution >= 0.6 is 23.1 Å². The number of hydrogen-bond donors (Lipinski definition) is 0. The van der Waals surface area contributed by atoms with Crippen molar-refractivity contribution >= 4 is 29.1 Å². The lowest BCUT2D eigenvalue weighted by molar-refractivity contribution is 0.0600. The summed E-state index contributed by atoms with van der Waals surface area (Å²) >= 11 is 3.15. The van der Waals surface area contributed by atoms with Crippen LogP contribution in [0.5, 0.6) is 0 Å². The SMILES string of the molecule is COC(=O)c1cccc(CSc2nc(-c3ccc(F)cc3)cs2)c1. The number of nitrogens with zero attached hydrogens (tertiary/aromatic N) is 1. The van der Waals surface area contributed by atoms with Crippen molar-refractivity contribution in [2.75, 3.05) is 7.11 Å². The Bertz CT molecular complexity index is 846. The molecule has 0 fully saturated rings. The molecule has 0 amide bonds. The third-order valence-electron chi connectivity index (χ3n) is 3.33. The van der Waals surface area contributed by atoms with Crippen molar-refractivity contribution in [1.29, 1.82) is 0 Å². The monoisotopic (exact) mass is 359 g/mol. The second-order valence-electron chi connectivity index (χ2n) is 4.99. The number of carbonyl (C=O) groups is 1. The maximum Gasteiger partial charge on any atom is 0.337 e.